The Balaban J connectivity index is 1.68. The Bertz CT molecular complexity index is 971. The molecule has 136 valence electrons. The summed E-state index contributed by atoms with van der Waals surface area (Å²) in [5, 5.41) is 5.80. The van der Waals surface area contributed by atoms with Gasteiger partial charge >= 0.3 is 0 Å². The van der Waals surface area contributed by atoms with Gasteiger partial charge < -0.3 is 15.4 Å². The molecule has 3 aromatic rings. The number of rotatable bonds is 6. The van der Waals surface area contributed by atoms with Gasteiger partial charge in [-0.1, -0.05) is 18.2 Å². The molecule has 0 spiro atoms. The van der Waals surface area contributed by atoms with Gasteiger partial charge in [-0.3, -0.25) is 9.59 Å². The summed E-state index contributed by atoms with van der Waals surface area (Å²) in [7, 11) is 1.60. The van der Waals surface area contributed by atoms with E-state index < -0.39 is 5.91 Å². The van der Waals surface area contributed by atoms with E-state index in [-0.39, 0.29) is 11.5 Å². The molecule has 2 aromatic carbocycles. The van der Waals surface area contributed by atoms with Crippen molar-refractivity contribution in [2.24, 2.45) is 0 Å². The molecule has 3 rings (SSSR count). The van der Waals surface area contributed by atoms with Crippen LogP contribution in [0.4, 0.5) is 17.2 Å². The number of ketones is 1. The lowest BCUT2D eigenvalue weighted by Gasteiger charge is -2.08. The fraction of sp³-hybridized carbons (Fsp3) is 0.100. The molecule has 0 fully saturated rings. The first-order chi connectivity index (χ1) is 13.0. The Labute approximate surface area is 156 Å². The summed E-state index contributed by atoms with van der Waals surface area (Å²) in [6.45, 7) is 1.47. The summed E-state index contributed by atoms with van der Waals surface area (Å²) in [5.74, 6) is 0.741. The van der Waals surface area contributed by atoms with E-state index in [1.165, 1.54) is 19.3 Å². The summed E-state index contributed by atoms with van der Waals surface area (Å²) in [5.41, 5.74) is 2.01. The molecule has 0 saturated heterocycles. The molecule has 0 aliphatic rings. The Morgan fingerprint density at radius 2 is 1.74 bits per heavy atom. The van der Waals surface area contributed by atoms with Crippen LogP contribution in [0.2, 0.25) is 0 Å². The second-order valence-corrected chi connectivity index (χ2v) is 5.73. The van der Waals surface area contributed by atoms with Crippen LogP contribution in [0.25, 0.3) is 0 Å². The fourth-order valence-electron chi connectivity index (χ4n) is 2.37. The van der Waals surface area contributed by atoms with Crippen LogP contribution in [0, 0.1) is 0 Å². The van der Waals surface area contributed by atoms with E-state index in [9.17, 15) is 9.59 Å². The topological polar surface area (TPSA) is 93.2 Å². The van der Waals surface area contributed by atoms with Crippen molar-refractivity contribution >= 4 is 28.9 Å². The van der Waals surface area contributed by atoms with Gasteiger partial charge in [0, 0.05) is 23.0 Å². The van der Waals surface area contributed by atoms with E-state index in [4.69, 9.17) is 4.74 Å². The Morgan fingerprint density at radius 1 is 0.963 bits per heavy atom. The maximum atomic E-state index is 12.3. The van der Waals surface area contributed by atoms with Crippen molar-refractivity contribution < 1.29 is 14.3 Å². The molecule has 1 amide bonds. The molecule has 0 aliphatic carbocycles. The molecule has 7 heteroatoms. The van der Waals surface area contributed by atoms with Crippen LogP contribution in [0.15, 0.2) is 60.9 Å². The molecular formula is C20H18N4O3. The lowest BCUT2D eigenvalue weighted by Crippen LogP contribution is -2.14. The van der Waals surface area contributed by atoms with E-state index in [1.54, 1.807) is 31.4 Å². The van der Waals surface area contributed by atoms with E-state index >= 15 is 0 Å². The Morgan fingerprint density at radius 3 is 2.44 bits per heavy atom. The lowest BCUT2D eigenvalue weighted by atomic mass is 10.1. The van der Waals surface area contributed by atoms with Gasteiger partial charge in [0.2, 0.25) is 0 Å². The molecule has 0 aliphatic heterocycles. The first-order valence-corrected chi connectivity index (χ1v) is 8.20. The monoisotopic (exact) mass is 362 g/mol. The highest BCUT2D eigenvalue weighted by Gasteiger charge is 2.10. The number of amides is 1. The van der Waals surface area contributed by atoms with Gasteiger partial charge in [0.15, 0.2) is 5.78 Å². The zero-order valence-corrected chi connectivity index (χ0v) is 14.9. The molecule has 2 N–H and O–H groups in total. The third-order valence-corrected chi connectivity index (χ3v) is 3.75. The second kappa shape index (κ2) is 8.09. The number of methoxy groups -OCH3 is 1. The molecule has 0 unspecified atom stereocenters. The largest absolute Gasteiger partial charge is 0.497 e. The number of nitrogens with zero attached hydrogens (tertiary/aromatic N) is 2. The van der Waals surface area contributed by atoms with Crippen molar-refractivity contribution in [3.63, 3.8) is 0 Å². The summed E-state index contributed by atoms with van der Waals surface area (Å²) in [4.78, 5) is 32.1. The Kier molecular flexibility index (Phi) is 5.41. The van der Waals surface area contributed by atoms with E-state index in [2.05, 4.69) is 20.6 Å². The third-order valence-electron chi connectivity index (χ3n) is 3.75. The van der Waals surface area contributed by atoms with Crippen molar-refractivity contribution in [1.82, 2.24) is 9.97 Å². The highest BCUT2D eigenvalue weighted by atomic mass is 16.5. The second-order valence-electron chi connectivity index (χ2n) is 5.73. The number of aromatic nitrogens is 2. The van der Waals surface area contributed by atoms with Crippen LogP contribution < -0.4 is 15.4 Å². The Hall–Kier alpha value is -3.74. The molecule has 1 heterocycles. The van der Waals surface area contributed by atoms with Gasteiger partial charge in [0.1, 0.15) is 17.3 Å². The number of nitrogens with one attached hydrogen (secondary N) is 2. The minimum absolute atomic E-state index is 0.0705. The minimum atomic E-state index is -0.406. The lowest BCUT2D eigenvalue weighted by molar-refractivity contribution is 0.100. The number of hydrogen-bond donors (Lipinski definition) is 2. The number of ether oxygens (including phenoxy) is 1. The van der Waals surface area contributed by atoms with Crippen molar-refractivity contribution in [3.8, 4) is 5.75 Å². The highest BCUT2D eigenvalue weighted by Crippen LogP contribution is 2.20. The summed E-state index contributed by atoms with van der Waals surface area (Å²) < 4.78 is 5.17. The van der Waals surface area contributed by atoms with E-state index in [0.717, 1.165) is 11.4 Å². The molecule has 0 saturated carbocycles. The molecule has 27 heavy (non-hydrogen) atoms. The summed E-state index contributed by atoms with van der Waals surface area (Å²) in [6, 6.07) is 14.1. The molecule has 7 nitrogen and oxygen atoms in total. The average Bonchev–Trinajstić information content (AvgIpc) is 2.69. The molecule has 0 bridgehead atoms. The van der Waals surface area contributed by atoms with Crippen LogP contribution in [0.3, 0.4) is 0 Å². The number of hydrogen-bond acceptors (Lipinski definition) is 6. The maximum Gasteiger partial charge on any atom is 0.275 e. The van der Waals surface area contributed by atoms with E-state index in [0.29, 0.717) is 17.1 Å². The van der Waals surface area contributed by atoms with Crippen LogP contribution in [-0.2, 0) is 0 Å². The van der Waals surface area contributed by atoms with Crippen LogP contribution in [0.1, 0.15) is 27.8 Å². The zero-order valence-electron chi connectivity index (χ0n) is 14.9. The van der Waals surface area contributed by atoms with Crippen LogP contribution in [0.5, 0.6) is 5.75 Å². The van der Waals surface area contributed by atoms with Gasteiger partial charge in [-0.25, -0.2) is 9.97 Å². The van der Waals surface area contributed by atoms with Crippen LogP contribution >= 0.6 is 0 Å². The first-order valence-electron chi connectivity index (χ1n) is 8.20. The van der Waals surface area contributed by atoms with Gasteiger partial charge in [-0.2, -0.15) is 0 Å². The predicted octanol–water partition coefficient (Wildman–Crippen LogP) is 3.68. The van der Waals surface area contributed by atoms with Gasteiger partial charge in [-0.05, 0) is 31.2 Å². The molecular weight excluding hydrogens is 344 g/mol. The quantitative estimate of drug-likeness (QED) is 0.650. The van der Waals surface area contributed by atoms with E-state index in [1.807, 2.05) is 24.3 Å². The number of benzene rings is 2. The van der Waals surface area contributed by atoms with Crippen molar-refractivity contribution in [2.75, 3.05) is 17.7 Å². The van der Waals surface area contributed by atoms with Gasteiger partial charge in [0.25, 0.3) is 5.91 Å². The first kappa shape index (κ1) is 18.1. The normalized spacial score (nSPS) is 10.1. The zero-order chi connectivity index (χ0) is 19.2. The van der Waals surface area contributed by atoms with Crippen molar-refractivity contribution in [1.29, 1.82) is 0 Å². The maximum absolute atomic E-state index is 12.3. The van der Waals surface area contributed by atoms with Crippen molar-refractivity contribution in [2.45, 2.75) is 6.92 Å². The highest BCUT2D eigenvalue weighted by molar-refractivity contribution is 6.03. The summed E-state index contributed by atoms with van der Waals surface area (Å²) >= 11 is 0. The van der Waals surface area contributed by atoms with Gasteiger partial charge in [0.05, 0.1) is 19.5 Å². The third kappa shape index (κ3) is 4.66. The predicted molar refractivity (Wildman–Crippen MR) is 103 cm³/mol. The molecule has 1 aromatic heterocycles. The molecule has 0 atom stereocenters. The van der Waals surface area contributed by atoms with Crippen LogP contribution in [-0.4, -0.2) is 28.8 Å². The number of Topliss-reactive ketones (excluding diaryl/α,β-unsaturated/α-hetero) is 1. The number of carbonyl (C=O) groups excluding carboxylic acids is 2. The minimum Gasteiger partial charge on any atom is -0.497 e. The smallest absolute Gasteiger partial charge is 0.275 e. The average molecular weight is 362 g/mol. The van der Waals surface area contributed by atoms with Gasteiger partial charge in [-0.15, -0.1) is 0 Å². The fourth-order valence-corrected chi connectivity index (χ4v) is 2.37. The summed E-state index contributed by atoms with van der Waals surface area (Å²) in [6.07, 6.45) is 2.85. The SMILES string of the molecule is COc1cccc(Nc2cnc(C(=O)Nc3cccc(C(C)=O)c3)cn2)c1. The van der Waals surface area contributed by atoms with Crippen molar-refractivity contribution in [3.05, 3.63) is 72.2 Å². The molecule has 0 radical (unpaired) electrons. The number of anilines is 3. The standard InChI is InChI=1S/C20H18N4O3/c1-13(25)14-5-3-6-15(9-14)24-20(26)18-11-22-19(12-21-18)23-16-7-4-8-17(10-16)27-2/h3-12H,1-2H3,(H,22,23)(H,24,26). The number of carbonyl (C=O) groups is 2.